The maximum absolute atomic E-state index is 12.7. The van der Waals surface area contributed by atoms with E-state index in [0.29, 0.717) is 37.2 Å². The molecule has 3 aromatic carbocycles. The molecule has 6 nitrogen and oxygen atoms in total. The number of hydrogen-bond acceptors (Lipinski definition) is 6. The number of piperidine rings is 1. The lowest BCUT2D eigenvalue weighted by atomic mass is 9.83. The normalized spacial score (nSPS) is 17.5. The van der Waals surface area contributed by atoms with E-state index >= 15 is 0 Å². The summed E-state index contributed by atoms with van der Waals surface area (Å²) in [5, 5.41) is 22.2. The summed E-state index contributed by atoms with van der Waals surface area (Å²) in [6, 6.07) is 24.0. The second kappa shape index (κ2) is 11.8. The average Bonchev–Trinajstić information content (AvgIpc) is 2.97. The lowest BCUT2D eigenvalue weighted by Crippen LogP contribution is -2.47. The molecule has 6 heteroatoms. The molecule has 4 rings (SSSR count). The molecule has 1 aliphatic heterocycles. The summed E-state index contributed by atoms with van der Waals surface area (Å²) >= 11 is 0. The van der Waals surface area contributed by atoms with Crippen molar-refractivity contribution in [2.75, 3.05) is 13.1 Å². The van der Waals surface area contributed by atoms with Crippen LogP contribution < -0.4 is 10.5 Å². The monoisotopic (exact) mass is 516 g/mol. The molecule has 38 heavy (non-hydrogen) atoms. The van der Waals surface area contributed by atoms with Gasteiger partial charge in [0.15, 0.2) is 0 Å². The molecule has 0 aliphatic carbocycles. The van der Waals surface area contributed by atoms with Crippen molar-refractivity contribution in [3.63, 3.8) is 0 Å². The van der Waals surface area contributed by atoms with Crippen LogP contribution in [0.15, 0.2) is 78.9 Å². The van der Waals surface area contributed by atoms with Gasteiger partial charge in [-0.1, -0.05) is 68.4 Å². The van der Waals surface area contributed by atoms with Gasteiger partial charge >= 0.3 is 5.97 Å². The fourth-order valence-corrected chi connectivity index (χ4v) is 5.31. The van der Waals surface area contributed by atoms with Crippen LogP contribution in [0.3, 0.4) is 0 Å². The summed E-state index contributed by atoms with van der Waals surface area (Å²) in [4.78, 5) is 14.9. The Bertz CT molecular complexity index is 1180. The number of likely N-dealkylation sites (tertiary alicyclic amines) is 1. The first kappa shape index (κ1) is 28.0. The number of carbonyl (C=O) groups excluding carboxylic acids is 1. The first-order valence-corrected chi connectivity index (χ1v) is 13.6. The molecule has 0 radical (unpaired) electrons. The van der Waals surface area contributed by atoms with Gasteiger partial charge in [0, 0.05) is 24.7 Å². The van der Waals surface area contributed by atoms with E-state index in [1.165, 1.54) is 0 Å². The van der Waals surface area contributed by atoms with Crippen molar-refractivity contribution in [3.8, 4) is 5.75 Å². The highest BCUT2D eigenvalue weighted by Crippen LogP contribution is 2.35. The fraction of sp³-hybridized carbons (Fsp3) is 0.406. The summed E-state index contributed by atoms with van der Waals surface area (Å²) in [6.45, 7) is 7.51. The number of aliphatic hydroxyl groups excluding tert-OH is 1. The first-order valence-electron chi connectivity index (χ1n) is 13.6. The molecule has 1 fully saturated rings. The van der Waals surface area contributed by atoms with Gasteiger partial charge in [0.1, 0.15) is 5.75 Å². The Morgan fingerprint density at radius 3 is 2.11 bits per heavy atom. The number of carbonyl (C=O) groups is 1. The number of ether oxygens (including phenoxy) is 1. The maximum atomic E-state index is 12.7. The summed E-state index contributed by atoms with van der Waals surface area (Å²) in [5.74, 6) is -0.0167. The molecule has 1 saturated heterocycles. The van der Waals surface area contributed by atoms with Crippen LogP contribution in [0.5, 0.6) is 5.75 Å². The number of esters is 1. The highest BCUT2D eigenvalue weighted by Gasteiger charge is 2.36. The van der Waals surface area contributed by atoms with Crippen molar-refractivity contribution in [2.45, 2.75) is 69.7 Å². The lowest BCUT2D eigenvalue weighted by Gasteiger charge is -2.42. The molecule has 0 amide bonds. The Kier molecular flexibility index (Phi) is 8.68. The highest BCUT2D eigenvalue weighted by molar-refractivity contribution is 5.91. The largest absolute Gasteiger partial charge is 0.423 e. The Morgan fingerprint density at radius 1 is 0.974 bits per heavy atom. The molecule has 0 aromatic heterocycles. The second-order valence-corrected chi connectivity index (χ2v) is 10.5. The molecule has 3 aromatic rings. The molecular formula is C32H40N2O4. The van der Waals surface area contributed by atoms with Crippen LogP contribution >= 0.6 is 0 Å². The number of aliphatic hydroxyl groups is 2. The van der Waals surface area contributed by atoms with Gasteiger partial charge in [0.2, 0.25) is 0 Å². The molecule has 1 heterocycles. The van der Waals surface area contributed by atoms with Crippen LogP contribution in [-0.4, -0.2) is 40.2 Å². The minimum absolute atomic E-state index is 0.122. The predicted octanol–water partition coefficient (Wildman–Crippen LogP) is 5.29. The molecule has 0 saturated carbocycles. The molecule has 0 bridgehead atoms. The van der Waals surface area contributed by atoms with Gasteiger partial charge in [-0.05, 0) is 73.6 Å². The zero-order valence-electron chi connectivity index (χ0n) is 22.6. The van der Waals surface area contributed by atoms with Gasteiger partial charge in [-0.25, -0.2) is 4.79 Å². The smallest absolute Gasteiger partial charge is 0.343 e. The van der Waals surface area contributed by atoms with Crippen molar-refractivity contribution < 1.29 is 19.7 Å². The lowest BCUT2D eigenvalue weighted by molar-refractivity contribution is -0.0501. The SMILES string of the molecule is CCC(N)(CC)c1ccc(C(=O)Oc2ccc(C(O)[C@H](C)N3CCC(O)(c4ccccc4)CC3)cc2)cc1. The van der Waals surface area contributed by atoms with Crippen LogP contribution in [0.4, 0.5) is 0 Å². The number of nitrogens with two attached hydrogens (primary N) is 1. The van der Waals surface area contributed by atoms with Crippen molar-refractivity contribution in [1.82, 2.24) is 4.90 Å². The maximum Gasteiger partial charge on any atom is 0.343 e. The third-order valence-electron chi connectivity index (χ3n) is 8.36. The minimum Gasteiger partial charge on any atom is -0.423 e. The summed E-state index contributed by atoms with van der Waals surface area (Å²) in [6.07, 6.45) is 2.17. The van der Waals surface area contributed by atoms with E-state index in [2.05, 4.69) is 18.7 Å². The summed E-state index contributed by atoms with van der Waals surface area (Å²) in [5.41, 5.74) is 8.40. The van der Waals surface area contributed by atoms with Gasteiger partial charge in [-0.2, -0.15) is 0 Å². The zero-order chi connectivity index (χ0) is 27.3. The first-order chi connectivity index (χ1) is 18.2. The Labute approximate surface area is 226 Å². The highest BCUT2D eigenvalue weighted by atomic mass is 16.5. The Hall–Kier alpha value is -3.03. The zero-order valence-corrected chi connectivity index (χ0v) is 22.6. The minimum atomic E-state index is -0.826. The molecule has 1 aliphatic rings. The number of rotatable bonds is 9. The summed E-state index contributed by atoms with van der Waals surface area (Å²) < 4.78 is 5.57. The summed E-state index contributed by atoms with van der Waals surface area (Å²) in [7, 11) is 0. The van der Waals surface area contributed by atoms with E-state index in [4.69, 9.17) is 10.5 Å². The van der Waals surface area contributed by atoms with E-state index in [0.717, 1.165) is 29.5 Å². The van der Waals surface area contributed by atoms with Gasteiger partial charge in [0.05, 0.1) is 17.3 Å². The quantitative estimate of drug-likeness (QED) is 0.264. The molecule has 202 valence electrons. The standard InChI is InChI=1S/C32H40N2O4/c1-4-31(33,5-2)26-15-11-25(12-16-26)30(36)38-28-17-13-24(14-18-28)29(35)23(3)34-21-19-32(37,20-22-34)27-9-7-6-8-10-27/h6-18,23,29,35,37H,4-5,19-22,33H2,1-3H3/t23-,29?/m0/s1. The van der Waals surface area contributed by atoms with E-state index in [1.807, 2.05) is 49.4 Å². The Morgan fingerprint density at radius 2 is 1.55 bits per heavy atom. The van der Waals surface area contributed by atoms with Crippen molar-refractivity contribution >= 4 is 5.97 Å². The molecule has 0 spiro atoms. The van der Waals surface area contributed by atoms with Crippen molar-refractivity contribution in [1.29, 1.82) is 0 Å². The van der Waals surface area contributed by atoms with Crippen LogP contribution in [0.1, 0.15) is 79.6 Å². The van der Waals surface area contributed by atoms with Crippen LogP contribution in [0.2, 0.25) is 0 Å². The van der Waals surface area contributed by atoms with E-state index in [1.54, 1.807) is 36.4 Å². The molecule has 1 unspecified atom stereocenters. The molecule has 4 N–H and O–H groups in total. The van der Waals surface area contributed by atoms with Gasteiger partial charge < -0.3 is 20.7 Å². The third kappa shape index (κ3) is 6.00. The van der Waals surface area contributed by atoms with Gasteiger partial charge in [-0.3, -0.25) is 4.90 Å². The number of nitrogens with zero attached hydrogens (tertiary/aromatic N) is 1. The number of hydrogen-bond donors (Lipinski definition) is 3. The van der Waals surface area contributed by atoms with Gasteiger partial charge in [-0.15, -0.1) is 0 Å². The van der Waals surface area contributed by atoms with E-state index in [-0.39, 0.29) is 6.04 Å². The fourth-order valence-electron chi connectivity index (χ4n) is 5.31. The van der Waals surface area contributed by atoms with Crippen LogP contribution in [0.25, 0.3) is 0 Å². The van der Waals surface area contributed by atoms with Crippen molar-refractivity contribution in [2.24, 2.45) is 5.73 Å². The second-order valence-electron chi connectivity index (χ2n) is 10.5. The predicted molar refractivity (Wildman–Crippen MR) is 150 cm³/mol. The van der Waals surface area contributed by atoms with Gasteiger partial charge in [0.25, 0.3) is 0 Å². The van der Waals surface area contributed by atoms with Crippen LogP contribution in [0, 0.1) is 0 Å². The molecular weight excluding hydrogens is 476 g/mol. The topological polar surface area (TPSA) is 96.0 Å². The number of benzene rings is 3. The molecule has 2 atom stereocenters. The van der Waals surface area contributed by atoms with E-state index in [9.17, 15) is 15.0 Å². The third-order valence-corrected chi connectivity index (χ3v) is 8.36. The van der Waals surface area contributed by atoms with Crippen LogP contribution in [-0.2, 0) is 11.1 Å². The Balaban J connectivity index is 1.34. The average molecular weight is 517 g/mol. The van der Waals surface area contributed by atoms with Crippen molar-refractivity contribution in [3.05, 3.63) is 101 Å². The van der Waals surface area contributed by atoms with E-state index < -0.39 is 23.2 Å².